The molecule has 1 aromatic rings. The maximum absolute atomic E-state index is 12.2. The fourth-order valence-corrected chi connectivity index (χ4v) is 3.19. The minimum atomic E-state index is -0.474. The molecular formula is C21H34N2O2. The summed E-state index contributed by atoms with van der Waals surface area (Å²) in [6.45, 7) is 11.4. The van der Waals surface area contributed by atoms with Crippen LogP contribution in [0.25, 0.3) is 0 Å². The van der Waals surface area contributed by atoms with Gasteiger partial charge in [0.05, 0.1) is 0 Å². The first-order chi connectivity index (χ1) is 11.8. The lowest BCUT2D eigenvalue weighted by atomic mass is 9.87. The molecule has 0 spiro atoms. The summed E-state index contributed by atoms with van der Waals surface area (Å²) in [6.07, 6.45) is 3.06. The topological polar surface area (TPSA) is 41.6 Å². The van der Waals surface area contributed by atoms with Crippen molar-refractivity contribution in [3.63, 3.8) is 0 Å². The van der Waals surface area contributed by atoms with E-state index in [-0.39, 0.29) is 11.3 Å². The molecule has 1 atom stereocenters. The molecule has 0 aromatic heterocycles. The van der Waals surface area contributed by atoms with Crippen molar-refractivity contribution in [3.05, 3.63) is 29.8 Å². The van der Waals surface area contributed by atoms with Crippen molar-refractivity contribution in [2.24, 2.45) is 5.92 Å². The zero-order valence-corrected chi connectivity index (χ0v) is 16.5. The molecule has 1 aliphatic rings. The number of ether oxygens (including phenoxy) is 1. The van der Waals surface area contributed by atoms with E-state index in [2.05, 4.69) is 50.2 Å². The van der Waals surface area contributed by atoms with Crippen LogP contribution in [0.5, 0.6) is 5.75 Å². The number of hydrogen-bond acceptors (Lipinski definition) is 3. The minimum absolute atomic E-state index is 0.0344. The summed E-state index contributed by atoms with van der Waals surface area (Å²) < 4.78 is 5.78. The van der Waals surface area contributed by atoms with Crippen LogP contribution in [0.4, 0.5) is 0 Å². The van der Waals surface area contributed by atoms with E-state index in [1.165, 1.54) is 31.5 Å². The highest BCUT2D eigenvalue weighted by molar-refractivity contribution is 5.80. The molecule has 1 amide bonds. The van der Waals surface area contributed by atoms with E-state index >= 15 is 0 Å². The molecule has 1 aromatic carbocycles. The fraction of sp³-hybridized carbons (Fsp3) is 0.667. The van der Waals surface area contributed by atoms with Crippen molar-refractivity contribution in [3.8, 4) is 5.75 Å². The van der Waals surface area contributed by atoms with Crippen LogP contribution in [0.1, 0.15) is 52.5 Å². The molecule has 1 saturated heterocycles. The Kier molecular flexibility index (Phi) is 6.88. The molecular weight excluding hydrogens is 312 g/mol. The number of rotatable bonds is 6. The molecule has 2 rings (SSSR count). The van der Waals surface area contributed by atoms with E-state index in [1.54, 1.807) is 0 Å². The number of nitrogens with zero attached hydrogens (tertiary/aromatic N) is 1. The largest absolute Gasteiger partial charge is 0.481 e. The van der Waals surface area contributed by atoms with Crippen molar-refractivity contribution in [1.29, 1.82) is 0 Å². The van der Waals surface area contributed by atoms with E-state index in [0.717, 1.165) is 24.6 Å². The highest BCUT2D eigenvalue weighted by Gasteiger charge is 2.19. The van der Waals surface area contributed by atoms with Gasteiger partial charge in [0.15, 0.2) is 6.10 Å². The molecule has 1 fully saturated rings. The number of carbonyl (C=O) groups excluding carboxylic acids is 1. The van der Waals surface area contributed by atoms with Crippen LogP contribution in [0.2, 0.25) is 0 Å². The van der Waals surface area contributed by atoms with E-state index in [0.29, 0.717) is 0 Å². The Bertz CT molecular complexity index is 540. The van der Waals surface area contributed by atoms with Crippen molar-refractivity contribution in [2.45, 2.75) is 58.5 Å². The van der Waals surface area contributed by atoms with E-state index < -0.39 is 6.10 Å². The van der Waals surface area contributed by atoms with Crippen LogP contribution >= 0.6 is 0 Å². The summed E-state index contributed by atoms with van der Waals surface area (Å²) in [4.78, 5) is 14.6. The highest BCUT2D eigenvalue weighted by atomic mass is 16.5. The molecule has 0 aliphatic carbocycles. The number of nitrogens with one attached hydrogen (secondary N) is 1. The monoisotopic (exact) mass is 346 g/mol. The van der Waals surface area contributed by atoms with Gasteiger partial charge in [-0.05, 0) is 75.4 Å². The maximum atomic E-state index is 12.2. The number of benzene rings is 1. The third-order valence-corrected chi connectivity index (χ3v) is 5.09. The van der Waals surface area contributed by atoms with Crippen LogP contribution in [0.15, 0.2) is 24.3 Å². The zero-order valence-electron chi connectivity index (χ0n) is 16.5. The highest BCUT2D eigenvalue weighted by Crippen LogP contribution is 2.24. The number of amides is 1. The molecule has 1 N–H and O–H groups in total. The molecule has 1 aliphatic heterocycles. The molecule has 0 radical (unpaired) electrons. The number of hydrogen-bond donors (Lipinski definition) is 1. The fourth-order valence-electron chi connectivity index (χ4n) is 3.19. The van der Waals surface area contributed by atoms with Crippen LogP contribution < -0.4 is 10.1 Å². The standard InChI is InChI=1S/C21H34N2O2/c1-16(25-19-8-6-18(7-9-19)21(2,3)4)20(24)22-13-10-17-11-14-23(5)15-12-17/h6-9,16-17H,10-15H2,1-5H3,(H,22,24). The molecule has 140 valence electrons. The summed E-state index contributed by atoms with van der Waals surface area (Å²) in [7, 11) is 2.17. The smallest absolute Gasteiger partial charge is 0.260 e. The first kappa shape index (κ1) is 19.8. The van der Waals surface area contributed by atoms with Crippen LogP contribution in [-0.2, 0) is 10.2 Å². The van der Waals surface area contributed by atoms with Gasteiger partial charge >= 0.3 is 0 Å². The Morgan fingerprint density at radius 3 is 2.40 bits per heavy atom. The lowest BCUT2D eigenvalue weighted by Crippen LogP contribution is -2.38. The quantitative estimate of drug-likeness (QED) is 0.856. The van der Waals surface area contributed by atoms with Crippen molar-refractivity contribution >= 4 is 5.91 Å². The number of likely N-dealkylation sites (tertiary alicyclic amines) is 1. The Balaban J connectivity index is 1.72. The van der Waals surface area contributed by atoms with Gasteiger partial charge in [0.25, 0.3) is 5.91 Å². The van der Waals surface area contributed by atoms with Gasteiger partial charge in [-0.25, -0.2) is 0 Å². The molecule has 25 heavy (non-hydrogen) atoms. The third-order valence-electron chi connectivity index (χ3n) is 5.09. The average Bonchev–Trinajstić information content (AvgIpc) is 2.56. The number of carbonyl (C=O) groups is 1. The van der Waals surface area contributed by atoms with Gasteiger partial charge < -0.3 is 15.0 Å². The second kappa shape index (κ2) is 8.70. The summed E-state index contributed by atoms with van der Waals surface area (Å²) in [5.41, 5.74) is 1.38. The van der Waals surface area contributed by atoms with Gasteiger partial charge in [-0.2, -0.15) is 0 Å². The van der Waals surface area contributed by atoms with Gasteiger partial charge in [0.2, 0.25) is 0 Å². The van der Waals surface area contributed by atoms with Crippen LogP contribution in [0, 0.1) is 5.92 Å². The average molecular weight is 347 g/mol. The molecule has 1 heterocycles. The second-order valence-corrected chi connectivity index (χ2v) is 8.36. The van der Waals surface area contributed by atoms with Gasteiger partial charge in [-0.3, -0.25) is 4.79 Å². The lowest BCUT2D eigenvalue weighted by Gasteiger charge is -2.29. The molecule has 4 nitrogen and oxygen atoms in total. The first-order valence-electron chi connectivity index (χ1n) is 9.49. The Morgan fingerprint density at radius 2 is 1.84 bits per heavy atom. The Labute approximate surface area is 152 Å². The van der Waals surface area contributed by atoms with Crippen molar-refractivity contribution in [2.75, 3.05) is 26.7 Å². The van der Waals surface area contributed by atoms with Crippen LogP contribution in [0.3, 0.4) is 0 Å². The van der Waals surface area contributed by atoms with Gasteiger partial charge in [-0.1, -0.05) is 32.9 Å². The zero-order chi connectivity index (χ0) is 18.4. The summed E-state index contributed by atoms with van der Waals surface area (Å²) in [6, 6.07) is 8.03. The van der Waals surface area contributed by atoms with Crippen molar-refractivity contribution in [1.82, 2.24) is 10.2 Å². The van der Waals surface area contributed by atoms with E-state index in [4.69, 9.17) is 4.74 Å². The molecule has 1 unspecified atom stereocenters. The van der Waals surface area contributed by atoms with Crippen molar-refractivity contribution < 1.29 is 9.53 Å². The molecule has 4 heteroatoms. The predicted octanol–water partition coefficient (Wildman–Crippen LogP) is 3.60. The summed E-state index contributed by atoms with van der Waals surface area (Å²) in [5.74, 6) is 1.44. The van der Waals surface area contributed by atoms with Gasteiger partial charge in [0, 0.05) is 6.54 Å². The predicted molar refractivity (Wildman–Crippen MR) is 103 cm³/mol. The SMILES string of the molecule is CC(Oc1ccc(C(C)(C)C)cc1)C(=O)NCCC1CCN(C)CC1. The van der Waals surface area contributed by atoms with Gasteiger partial charge in [-0.15, -0.1) is 0 Å². The van der Waals surface area contributed by atoms with E-state index in [1.807, 2.05) is 19.1 Å². The Hall–Kier alpha value is -1.55. The number of piperidine rings is 1. The van der Waals surface area contributed by atoms with Gasteiger partial charge in [0.1, 0.15) is 5.75 Å². The van der Waals surface area contributed by atoms with Crippen LogP contribution in [-0.4, -0.2) is 43.6 Å². The Morgan fingerprint density at radius 1 is 1.24 bits per heavy atom. The normalized spacial score (nSPS) is 18.0. The second-order valence-electron chi connectivity index (χ2n) is 8.36. The minimum Gasteiger partial charge on any atom is -0.481 e. The third kappa shape index (κ3) is 6.35. The molecule has 0 bridgehead atoms. The summed E-state index contributed by atoms with van der Waals surface area (Å²) in [5, 5.41) is 3.02. The molecule has 0 saturated carbocycles. The first-order valence-corrected chi connectivity index (χ1v) is 9.49. The maximum Gasteiger partial charge on any atom is 0.260 e. The lowest BCUT2D eigenvalue weighted by molar-refractivity contribution is -0.127. The summed E-state index contributed by atoms with van der Waals surface area (Å²) >= 11 is 0. The van der Waals surface area contributed by atoms with E-state index in [9.17, 15) is 4.79 Å².